The van der Waals surface area contributed by atoms with Crippen molar-refractivity contribution in [3.05, 3.63) is 60.6 Å². The van der Waals surface area contributed by atoms with Gasteiger partial charge in [-0.3, -0.25) is 4.90 Å². The summed E-state index contributed by atoms with van der Waals surface area (Å²) < 4.78 is 7.66. The number of β-amino-alcohol motifs (C(OH)–C–C–N with tert-alkyl or cyclic N) is 1. The van der Waals surface area contributed by atoms with Gasteiger partial charge in [-0.25, -0.2) is 9.97 Å². The number of aromatic nitrogens is 3. The molecule has 5 rings (SSSR count). The van der Waals surface area contributed by atoms with E-state index in [-0.39, 0.29) is 6.61 Å². The number of nitrogens with one attached hydrogen (secondary N) is 2. The van der Waals surface area contributed by atoms with Gasteiger partial charge in [0.25, 0.3) is 0 Å². The van der Waals surface area contributed by atoms with E-state index in [9.17, 15) is 5.11 Å². The number of piperazine rings is 1. The molecule has 1 aliphatic heterocycles. The lowest BCUT2D eigenvalue weighted by Crippen LogP contribution is -2.47. The molecule has 0 unspecified atom stereocenters. The van der Waals surface area contributed by atoms with Crippen molar-refractivity contribution in [3.8, 4) is 17.0 Å². The van der Waals surface area contributed by atoms with Gasteiger partial charge in [0.15, 0.2) is 11.5 Å². The lowest BCUT2D eigenvalue weighted by atomic mass is 10.1. The molecule has 4 aromatic rings. The summed E-state index contributed by atoms with van der Waals surface area (Å²) in [6, 6.07) is 11.6. The van der Waals surface area contributed by atoms with Crippen molar-refractivity contribution in [1.82, 2.24) is 19.3 Å². The third kappa shape index (κ3) is 4.68. The van der Waals surface area contributed by atoms with Gasteiger partial charge < -0.3 is 35.6 Å². The number of hydrogen-bond donors (Lipinski definition) is 4. The average molecular weight is 487 g/mol. The number of aliphatic hydroxyl groups is 1. The molecule has 2 aromatic heterocycles. The van der Waals surface area contributed by atoms with Crippen LogP contribution in [-0.4, -0.2) is 77.0 Å². The van der Waals surface area contributed by atoms with Crippen molar-refractivity contribution >= 4 is 34.7 Å². The Morgan fingerprint density at radius 1 is 1.17 bits per heavy atom. The number of hydrogen-bond acceptors (Lipinski definition) is 9. The highest BCUT2D eigenvalue weighted by atomic mass is 16.5. The number of anilines is 4. The van der Waals surface area contributed by atoms with E-state index in [1.807, 2.05) is 47.1 Å². The summed E-state index contributed by atoms with van der Waals surface area (Å²) in [5.74, 6) is 1.39. The second kappa shape index (κ2) is 10.2. The molecule has 0 spiro atoms. The molecule has 0 aliphatic carbocycles. The van der Waals surface area contributed by atoms with E-state index in [1.165, 1.54) is 6.21 Å². The van der Waals surface area contributed by atoms with Gasteiger partial charge in [0.05, 0.1) is 25.1 Å². The van der Waals surface area contributed by atoms with Crippen molar-refractivity contribution in [3.63, 3.8) is 0 Å². The van der Waals surface area contributed by atoms with Crippen molar-refractivity contribution in [2.75, 3.05) is 62.4 Å². The van der Waals surface area contributed by atoms with Crippen LogP contribution in [0.3, 0.4) is 0 Å². The number of fused-ring (bicyclic) bond motifs is 1. The molecule has 36 heavy (non-hydrogen) atoms. The van der Waals surface area contributed by atoms with Crippen LogP contribution in [0.1, 0.15) is 5.56 Å². The average Bonchev–Trinajstić information content (AvgIpc) is 3.38. The van der Waals surface area contributed by atoms with Gasteiger partial charge in [-0.1, -0.05) is 12.1 Å². The molecule has 0 bridgehead atoms. The van der Waals surface area contributed by atoms with Crippen molar-refractivity contribution in [2.24, 2.45) is 0 Å². The summed E-state index contributed by atoms with van der Waals surface area (Å²) in [7, 11) is 1.68. The summed E-state index contributed by atoms with van der Waals surface area (Å²) in [5.41, 5.74) is 11.5. The quantitative estimate of drug-likeness (QED) is 0.221. The molecule has 0 atom stereocenters. The smallest absolute Gasteiger partial charge is 0.180 e. The SMILES string of the molecule is COc1cc(Nc2nc(-c3ccc(C=N)c(N)c3)cn3ccnc23)ccc1N1CCN(CCO)CC1. The summed E-state index contributed by atoms with van der Waals surface area (Å²) in [6.07, 6.45) is 6.76. The molecule has 0 amide bonds. The Morgan fingerprint density at radius 3 is 2.72 bits per heavy atom. The zero-order valence-electron chi connectivity index (χ0n) is 20.2. The maximum atomic E-state index is 9.20. The molecular formula is C26H30N8O2. The number of methoxy groups -OCH3 is 1. The maximum absolute atomic E-state index is 9.20. The van der Waals surface area contributed by atoms with Crippen LogP contribution >= 0.6 is 0 Å². The van der Waals surface area contributed by atoms with E-state index >= 15 is 0 Å². The predicted molar refractivity (Wildman–Crippen MR) is 143 cm³/mol. The highest BCUT2D eigenvalue weighted by Crippen LogP contribution is 2.34. The Balaban J connectivity index is 1.43. The fraction of sp³-hybridized carbons (Fsp3) is 0.269. The van der Waals surface area contributed by atoms with Gasteiger partial charge in [0, 0.05) is 86.1 Å². The van der Waals surface area contributed by atoms with Crippen LogP contribution in [0.15, 0.2) is 55.0 Å². The first-order valence-corrected chi connectivity index (χ1v) is 11.9. The lowest BCUT2D eigenvalue weighted by molar-refractivity contribution is 0.188. The number of nitrogens with zero attached hydrogens (tertiary/aromatic N) is 5. The van der Waals surface area contributed by atoms with Gasteiger partial charge in [0.1, 0.15) is 5.75 Å². The Kier molecular flexibility index (Phi) is 6.70. The van der Waals surface area contributed by atoms with E-state index in [2.05, 4.69) is 26.2 Å². The van der Waals surface area contributed by atoms with E-state index < -0.39 is 0 Å². The number of ether oxygens (including phenoxy) is 1. The summed E-state index contributed by atoms with van der Waals surface area (Å²) in [4.78, 5) is 13.9. The topological polar surface area (TPSA) is 128 Å². The molecule has 186 valence electrons. The first kappa shape index (κ1) is 23.6. The number of aliphatic hydroxyl groups excluding tert-OH is 1. The third-order valence-corrected chi connectivity index (χ3v) is 6.48. The molecule has 10 heteroatoms. The van der Waals surface area contributed by atoms with Crippen LogP contribution in [0.4, 0.5) is 22.9 Å². The van der Waals surface area contributed by atoms with Gasteiger partial charge in [-0.15, -0.1) is 0 Å². The fourth-order valence-electron chi connectivity index (χ4n) is 4.53. The number of imidazole rings is 1. The van der Waals surface area contributed by atoms with Crippen molar-refractivity contribution in [1.29, 1.82) is 5.41 Å². The van der Waals surface area contributed by atoms with Gasteiger partial charge >= 0.3 is 0 Å². The third-order valence-electron chi connectivity index (χ3n) is 6.48. The van der Waals surface area contributed by atoms with Crippen LogP contribution in [0.2, 0.25) is 0 Å². The zero-order valence-corrected chi connectivity index (χ0v) is 20.2. The number of nitrogens with two attached hydrogens (primary N) is 1. The predicted octanol–water partition coefficient (Wildman–Crippen LogP) is 2.84. The molecule has 5 N–H and O–H groups in total. The fourth-order valence-corrected chi connectivity index (χ4v) is 4.53. The van der Waals surface area contributed by atoms with Crippen molar-refractivity contribution < 1.29 is 9.84 Å². The molecule has 3 heterocycles. The highest BCUT2D eigenvalue weighted by molar-refractivity contribution is 5.87. The second-order valence-electron chi connectivity index (χ2n) is 8.68. The largest absolute Gasteiger partial charge is 0.495 e. The van der Waals surface area contributed by atoms with Gasteiger partial charge in [-0.2, -0.15) is 0 Å². The monoisotopic (exact) mass is 486 g/mol. The van der Waals surface area contributed by atoms with Gasteiger partial charge in [0.2, 0.25) is 0 Å². The van der Waals surface area contributed by atoms with Crippen LogP contribution in [-0.2, 0) is 0 Å². The minimum Gasteiger partial charge on any atom is -0.495 e. The molecular weight excluding hydrogens is 456 g/mol. The van der Waals surface area contributed by atoms with E-state index in [0.717, 1.165) is 54.6 Å². The Hall–Kier alpha value is -4.15. The Bertz CT molecular complexity index is 1380. The number of benzene rings is 2. The van der Waals surface area contributed by atoms with E-state index in [1.54, 1.807) is 13.3 Å². The van der Waals surface area contributed by atoms with Crippen LogP contribution in [0.5, 0.6) is 5.75 Å². The summed E-state index contributed by atoms with van der Waals surface area (Å²) in [6.45, 7) is 4.46. The minimum absolute atomic E-state index is 0.186. The lowest BCUT2D eigenvalue weighted by Gasteiger charge is -2.36. The molecule has 2 aromatic carbocycles. The normalized spacial score (nSPS) is 14.2. The van der Waals surface area contributed by atoms with Crippen LogP contribution in [0.25, 0.3) is 16.9 Å². The highest BCUT2D eigenvalue weighted by Gasteiger charge is 2.20. The minimum atomic E-state index is 0.186. The molecule has 1 aliphatic rings. The Labute approximate surface area is 209 Å². The Morgan fingerprint density at radius 2 is 2.00 bits per heavy atom. The van der Waals surface area contributed by atoms with E-state index in [4.69, 9.17) is 20.9 Å². The van der Waals surface area contributed by atoms with Crippen LogP contribution < -0.4 is 20.7 Å². The summed E-state index contributed by atoms with van der Waals surface area (Å²) in [5, 5.41) is 20.1. The molecule has 0 radical (unpaired) electrons. The first-order valence-electron chi connectivity index (χ1n) is 11.9. The standard InChI is InChI=1S/C26H30N8O2/c1-36-24-15-20(4-5-23(24)33-10-8-32(9-11-33)12-13-35)30-25-26-29-6-7-34(26)17-22(31-25)18-2-3-19(16-27)21(28)14-18/h2-7,14-17,27,35H,8-13,28H2,1H3,(H,30,31). The first-order chi connectivity index (χ1) is 17.6. The molecule has 1 fully saturated rings. The second-order valence-corrected chi connectivity index (χ2v) is 8.68. The van der Waals surface area contributed by atoms with E-state index in [0.29, 0.717) is 29.3 Å². The molecule has 0 saturated carbocycles. The summed E-state index contributed by atoms with van der Waals surface area (Å²) >= 11 is 0. The zero-order chi connectivity index (χ0) is 25.1. The van der Waals surface area contributed by atoms with Crippen LogP contribution in [0, 0.1) is 5.41 Å². The molecule has 1 saturated heterocycles. The van der Waals surface area contributed by atoms with Crippen molar-refractivity contribution in [2.45, 2.75) is 0 Å². The number of rotatable bonds is 8. The maximum Gasteiger partial charge on any atom is 0.180 e. The van der Waals surface area contributed by atoms with Gasteiger partial charge in [-0.05, 0) is 18.2 Å². The number of nitrogen functional groups attached to an aromatic ring is 1. The molecule has 10 nitrogen and oxygen atoms in total.